The van der Waals surface area contributed by atoms with Gasteiger partial charge in [-0.2, -0.15) is 0 Å². The molecule has 1 aliphatic heterocycles. The van der Waals surface area contributed by atoms with Gasteiger partial charge in [0, 0.05) is 18.3 Å². The molecule has 3 saturated carbocycles. The first kappa shape index (κ1) is 16.4. The molecule has 0 radical (unpaired) electrons. The summed E-state index contributed by atoms with van der Waals surface area (Å²) in [5.41, 5.74) is -0.0936. The normalized spacial score (nSPS) is 31.1. The maximum atomic E-state index is 12.7. The summed E-state index contributed by atoms with van der Waals surface area (Å²) in [6, 6.07) is 11.0. The Morgan fingerprint density at radius 1 is 1.22 bits per heavy atom. The van der Waals surface area contributed by atoms with Crippen LogP contribution in [-0.4, -0.2) is 17.5 Å². The topological polar surface area (TPSA) is 80.6 Å². The van der Waals surface area contributed by atoms with Crippen LogP contribution < -0.4 is 15.4 Å². The molecule has 4 aliphatic rings. The summed E-state index contributed by atoms with van der Waals surface area (Å²) in [6.07, 6.45) is 4.98. The fraction of sp³-hybridized carbons (Fsp3) is 0.429. The molecule has 1 aromatic carbocycles. The van der Waals surface area contributed by atoms with Crippen LogP contribution in [0.1, 0.15) is 41.8 Å². The Labute approximate surface area is 157 Å². The monoisotopic (exact) mass is 366 g/mol. The fourth-order valence-electron chi connectivity index (χ4n) is 5.00. The smallest absolute Gasteiger partial charge is 0.258 e. The number of hydrogen-bond donors (Lipinski definition) is 2. The number of fused-ring (bicyclic) bond motifs is 3. The van der Waals surface area contributed by atoms with Crippen molar-refractivity contribution in [3.8, 4) is 5.75 Å². The minimum atomic E-state index is -0.674. The van der Waals surface area contributed by atoms with Gasteiger partial charge in [-0.1, -0.05) is 12.1 Å². The second kappa shape index (κ2) is 6.15. The quantitative estimate of drug-likeness (QED) is 0.875. The van der Waals surface area contributed by atoms with Crippen LogP contribution in [0.25, 0.3) is 0 Å². The van der Waals surface area contributed by atoms with Crippen molar-refractivity contribution >= 4 is 11.8 Å². The number of benzene rings is 1. The van der Waals surface area contributed by atoms with Crippen molar-refractivity contribution in [2.24, 2.45) is 17.8 Å². The molecule has 6 rings (SSSR count). The molecule has 0 saturated heterocycles. The van der Waals surface area contributed by atoms with Crippen molar-refractivity contribution in [3.63, 3.8) is 0 Å². The number of carbonyl (C=O) groups excluding carboxylic acids is 2. The number of rotatable bonds is 3. The number of para-hydroxylation sites is 1. The van der Waals surface area contributed by atoms with Crippen molar-refractivity contribution in [1.29, 1.82) is 0 Å². The number of furan rings is 1. The largest absolute Gasteiger partial charge is 0.467 e. The van der Waals surface area contributed by atoms with Crippen molar-refractivity contribution in [1.82, 2.24) is 10.6 Å². The molecule has 1 spiro atoms. The molecule has 2 bridgehead atoms. The van der Waals surface area contributed by atoms with Gasteiger partial charge in [-0.3, -0.25) is 9.59 Å². The molecule has 6 heteroatoms. The van der Waals surface area contributed by atoms with Crippen LogP contribution in [0.5, 0.6) is 5.75 Å². The number of hydrogen-bond acceptors (Lipinski definition) is 4. The maximum absolute atomic E-state index is 12.7. The molecule has 6 nitrogen and oxygen atoms in total. The lowest BCUT2D eigenvalue weighted by molar-refractivity contribution is -0.146. The molecule has 27 heavy (non-hydrogen) atoms. The van der Waals surface area contributed by atoms with Crippen LogP contribution in [0.15, 0.2) is 47.1 Å². The molecule has 3 fully saturated rings. The van der Waals surface area contributed by atoms with Gasteiger partial charge in [0.1, 0.15) is 11.5 Å². The van der Waals surface area contributed by atoms with E-state index in [9.17, 15) is 9.59 Å². The Morgan fingerprint density at radius 3 is 2.89 bits per heavy atom. The van der Waals surface area contributed by atoms with Gasteiger partial charge in [-0.25, -0.2) is 0 Å². The van der Waals surface area contributed by atoms with Crippen molar-refractivity contribution in [3.05, 3.63) is 54.0 Å². The van der Waals surface area contributed by atoms with Gasteiger partial charge in [-0.05, 0) is 49.4 Å². The Kier molecular flexibility index (Phi) is 3.74. The van der Waals surface area contributed by atoms with Crippen LogP contribution in [0, 0.1) is 17.8 Å². The van der Waals surface area contributed by atoms with Gasteiger partial charge in [0.25, 0.3) is 5.91 Å². The number of carbonyl (C=O) groups is 2. The third kappa shape index (κ3) is 2.71. The predicted octanol–water partition coefficient (Wildman–Crippen LogP) is 2.85. The van der Waals surface area contributed by atoms with Gasteiger partial charge in [0.2, 0.25) is 5.91 Å². The molecule has 2 heterocycles. The van der Waals surface area contributed by atoms with E-state index in [4.69, 9.17) is 9.15 Å². The van der Waals surface area contributed by atoms with Crippen molar-refractivity contribution in [2.75, 3.05) is 0 Å². The van der Waals surface area contributed by atoms with E-state index in [0.717, 1.165) is 25.0 Å². The molecule has 2 aromatic rings. The second-order valence-electron chi connectivity index (χ2n) is 7.82. The first-order chi connectivity index (χ1) is 13.1. The molecule has 140 valence electrons. The van der Waals surface area contributed by atoms with Crippen LogP contribution in [-0.2, 0) is 11.3 Å². The average Bonchev–Trinajstić information content (AvgIpc) is 3.20. The van der Waals surface area contributed by atoms with E-state index in [-0.39, 0.29) is 29.6 Å². The summed E-state index contributed by atoms with van der Waals surface area (Å²) in [5, 5.41) is 6.12. The summed E-state index contributed by atoms with van der Waals surface area (Å²) in [6.45, 7) is 0.408. The minimum absolute atomic E-state index is 0.0398. The first-order valence-corrected chi connectivity index (χ1v) is 9.55. The standard InChI is InChI=1S/C21H22N2O4/c24-19(22-12-15-4-3-9-26-15)17-10-14-8-7-13(17)11-21(14)23-20(25)16-5-1-2-6-18(16)27-21/h1-6,9,13-14,17H,7-8,10-12H2,(H,22,24)(H,23,25)/t13-,14+,17-,21+/m1/s1. The first-order valence-electron chi connectivity index (χ1n) is 9.55. The lowest BCUT2D eigenvalue weighted by Gasteiger charge is -2.55. The molecular formula is C21H22N2O4. The van der Waals surface area contributed by atoms with E-state index in [2.05, 4.69) is 10.6 Å². The van der Waals surface area contributed by atoms with Crippen LogP contribution >= 0.6 is 0 Å². The molecule has 4 atom stereocenters. The highest BCUT2D eigenvalue weighted by atomic mass is 16.5. The lowest BCUT2D eigenvalue weighted by atomic mass is 9.60. The molecular weight excluding hydrogens is 344 g/mol. The highest BCUT2D eigenvalue weighted by Gasteiger charge is 2.57. The molecule has 2 N–H and O–H groups in total. The van der Waals surface area contributed by atoms with Gasteiger partial charge >= 0.3 is 0 Å². The zero-order chi connectivity index (χ0) is 18.4. The SMILES string of the molecule is O=C1N[C@@]2(C[C@H]3CC[C@H]2C[C@H]3C(=O)NCc2ccco2)Oc2ccccc21. The summed E-state index contributed by atoms with van der Waals surface area (Å²) in [5.74, 6) is 1.69. The van der Waals surface area contributed by atoms with Crippen molar-refractivity contribution in [2.45, 2.75) is 38.0 Å². The molecule has 1 aromatic heterocycles. The van der Waals surface area contributed by atoms with E-state index < -0.39 is 5.72 Å². The van der Waals surface area contributed by atoms with Crippen LogP contribution in [0.2, 0.25) is 0 Å². The predicted molar refractivity (Wildman–Crippen MR) is 96.8 cm³/mol. The van der Waals surface area contributed by atoms with E-state index in [1.807, 2.05) is 30.3 Å². The minimum Gasteiger partial charge on any atom is -0.467 e. The van der Waals surface area contributed by atoms with E-state index in [1.165, 1.54) is 0 Å². The highest BCUT2D eigenvalue weighted by Crippen LogP contribution is 2.52. The summed E-state index contributed by atoms with van der Waals surface area (Å²) in [4.78, 5) is 25.3. The molecule has 0 unspecified atom stereocenters. The van der Waals surface area contributed by atoms with Gasteiger partial charge in [-0.15, -0.1) is 0 Å². The summed E-state index contributed by atoms with van der Waals surface area (Å²) < 4.78 is 11.6. The molecule has 2 amide bonds. The molecule has 3 aliphatic carbocycles. The van der Waals surface area contributed by atoms with Crippen LogP contribution in [0.4, 0.5) is 0 Å². The second-order valence-corrected chi connectivity index (χ2v) is 7.82. The van der Waals surface area contributed by atoms with Crippen LogP contribution in [0.3, 0.4) is 0 Å². The number of amides is 2. The highest BCUT2D eigenvalue weighted by molar-refractivity contribution is 5.98. The van der Waals surface area contributed by atoms with E-state index >= 15 is 0 Å². The number of ether oxygens (including phenoxy) is 1. The summed E-state index contributed by atoms with van der Waals surface area (Å²) >= 11 is 0. The Hall–Kier alpha value is -2.76. The Morgan fingerprint density at radius 2 is 2.11 bits per heavy atom. The number of nitrogens with one attached hydrogen (secondary N) is 2. The Bertz CT molecular complexity index is 878. The van der Waals surface area contributed by atoms with Gasteiger partial charge in [0.05, 0.1) is 18.4 Å². The zero-order valence-electron chi connectivity index (χ0n) is 14.9. The maximum Gasteiger partial charge on any atom is 0.258 e. The fourth-order valence-corrected chi connectivity index (χ4v) is 5.00. The average molecular weight is 366 g/mol. The van der Waals surface area contributed by atoms with E-state index in [0.29, 0.717) is 24.3 Å². The van der Waals surface area contributed by atoms with E-state index in [1.54, 1.807) is 12.3 Å². The van der Waals surface area contributed by atoms with Crippen molar-refractivity contribution < 1.29 is 18.7 Å². The van der Waals surface area contributed by atoms with Gasteiger partial charge in [0.15, 0.2) is 5.72 Å². The van der Waals surface area contributed by atoms with Gasteiger partial charge < -0.3 is 19.8 Å². The Balaban J connectivity index is 1.32. The summed E-state index contributed by atoms with van der Waals surface area (Å²) in [7, 11) is 0. The lowest BCUT2D eigenvalue weighted by Crippen LogP contribution is -2.66. The third-order valence-electron chi connectivity index (χ3n) is 6.32. The zero-order valence-corrected chi connectivity index (χ0v) is 14.9. The third-order valence-corrected chi connectivity index (χ3v) is 6.32.